The summed E-state index contributed by atoms with van der Waals surface area (Å²) in [6, 6.07) is 7.60. The SMILES string of the molecule is CCOC(=O)CCc1ccc(Cl)c(NC(=O)[C@@H](CC(F)(F)F)c2ccc(Cl)cc2F)c1. The monoisotopic (exact) mass is 479 g/mol. The summed E-state index contributed by atoms with van der Waals surface area (Å²) in [6.07, 6.45) is -5.94. The second-order valence-electron chi connectivity index (χ2n) is 6.65. The Balaban J connectivity index is 2.26. The standard InChI is InChI=1S/C21H19Cl2F4NO3/c1-2-31-19(29)8-4-12-3-7-16(23)18(9-12)28-20(30)15(11-21(25,26)27)14-6-5-13(22)10-17(14)24/h3,5-7,9-10,15H,2,4,8,11H2,1H3,(H,28,30)/t15-/m0/s1. The summed E-state index contributed by atoms with van der Waals surface area (Å²) >= 11 is 11.7. The van der Waals surface area contributed by atoms with Crippen molar-refractivity contribution in [1.82, 2.24) is 0 Å². The molecule has 0 aliphatic rings. The summed E-state index contributed by atoms with van der Waals surface area (Å²) in [7, 11) is 0. The van der Waals surface area contributed by atoms with Gasteiger partial charge in [0.05, 0.1) is 29.7 Å². The largest absolute Gasteiger partial charge is 0.466 e. The average molecular weight is 480 g/mol. The number of rotatable bonds is 8. The minimum absolute atomic E-state index is 0.00948. The quantitative estimate of drug-likeness (QED) is 0.356. The molecule has 0 aliphatic carbocycles. The second kappa shape index (κ2) is 10.8. The van der Waals surface area contributed by atoms with Gasteiger partial charge in [-0.2, -0.15) is 13.2 Å². The lowest BCUT2D eigenvalue weighted by Crippen LogP contribution is -2.27. The molecule has 0 heterocycles. The van der Waals surface area contributed by atoms with E-state index in [0.29, 0.717) is 5.56 Å². The topological polar surface area (TPSA) is 55.4 Å². The highest BCUT2D eigenvalue weighted by Gasteiger charge is 2.37. The van der Waals surface area contributed by atoms with E-state index >= 15 is 0 Å². The molecule has 0 fully saturated rings. The Morgan fingerprint density at radius 3 is 2.45 bits per heavy atom. The van der Waals surface area contributed by atoms with Gasteiger partial charge < -0.3 is 10.1 Å². The van der Waals surface area contributed by atoms with Gasteiger partial charge in [0.25, 0.3) is 0 Å². The smallest absolute Gasteiger partial charge is 0.390 e. The first-order valence-corrected chi connectivity index (χ1v) is 10.0. The van der Waals surface area contributed by atoms with Crippen LogP contribution in [0.4, 0.5) is 23.2 Å². The van der Waals surface area contributed by atoms with Crippen LogP contribution in [0.5, 0.6) is 0 Å². The van der Waals surface area contributed by atoms with Crippen molar-refractivity contribution in [1.29, 1.82) is 0 Å². The second-order valence-corrected chi connectivity index (χ2v) is 7.49. The fourth-order valence-electron chi connectivity index (χ4n) is 2.88. The molecule has 0 radical (unpaired) electrons. The van der Waals surface area contributed by atoms with Gasteiger partial charge in [-0.1, -0.05) is 35.3 Å². The number of ether oxygens (including phenoxy) is 1. The highest BCUT2D eigenvalue weighted by molar-refractivity contribution is 6.33. The van der Waals surface area contributed by atoms with E-state index in [1.165, 1.54) is 18.2 Å². The molecule has 0 bridgehead atoms. The minimum atomic E-state index is -4.72. The van der Waals surface area contributed by atoms with E-state index in [1.807, 2.05) is 0 Å². The fourth-order valence-corrected chi connectivity index (χ4v) is 3.21. The lowest BCUT2D eigenvalue weighted by Gasteiger charge is -2.20. The molecule has 2 rings (SSSR count). The number of hydrogen-bond acceptors (Lipinski definition) is 3. The van der Waals surface area contributed by atoms with Gasteiger partial charge in [-0.15, -0.1) is 0 Å². The number of hydrogen-bond donors (Lipinski definition) is 1. The van der Waals surface area contributed by atoms with Crippen LogP contribution in [0.25, 0.3) is 0 Å². The van der Waals surface area contributed by atoms with Crippen molar-refractivity contribution in [3.63, 3.8) is 0 Å². The zero-order chi connectivity index (χ0) is 23.2. The summed E-state index contributed by atoms with van der Waals surface area (Å²) in [6.45, 7) is 1.91. The number of esters is 1. The number of benzene rings is 2. The molecule has 2 aromatic carbocycles. The van der Waals surface area contributed by atoms with Crippen LogP contribution >= 0.6 is 23.2 Å². The maximum atomic E-state index is 14.3. The van der Waals surface area contributed by atoms with Crippen molar-refractivity contribution >= 4 is 40.8 Å². The van der Waals surface area contributed by atoms with E-state index in [1.54, 1.807) is 13.0 Å². The van der Waals surface area contributed by atoms with Gasteiger partial charge >= 0.3 is 12.1 Å². The Hall–Kier alpha value is -2.32. The van der Waals surface area contributed by atoms with Crippen molar-refractivity contribution in [2.45, 2.75) is 38.3 Å². The Labute approximate surface area is 186 Å². The van der Waals surface area contributed by atoms with Crippen molar-refractivity contribution in [2.24, 2.45) is 0 Å². The third-order valence-corrected chi connectivity index (χ3v) is 4.87. The molecule has 0 unspecified atom stereocenters. The maximum absolute atomic E-state index is 14.3. The van der Waals surface area contributed by atoms with Gasteiger partial charge in [0.15, 0.2) is 0 Å². The van der Waals surface area contributed by atoms with Crippen LogP contribution in [0, 0.1) is 5.82 Å². The Bertz CT molecular complexity index is 951. The number of nitrogens with one attached hydrogen (secondary N) is 1. The molecule has 0 aliphatic heterocycles. The number of alkyl halides is 3. The van der Waals surface area contributed by atoms with Crippen molar-refractivity contribution in [2.75, 3.05) is 11.9 Å². The molecule has 2 aromatic rings. The third kappa shape index (κ3) is 7.70. The summed E-state index contributed by atoms with van der Waals surface area (Å²) < 4.78 is 58.4. The molecule has 0 spiro atoms. The van der Waals surface area contributed by atoms with Crippen LogP contribution in [0.1, 0.15) is 36.8 Å². The van der Waals surface area contributed by atoms with E-state index in [9.17, 15) is 27.2 Å². The third-order valence-electron chi connectivity index (χ3n) is 4.30. The predicted octanol–water partition coefficient (Wildman–Crippen LogP) is 6.30. The molecule has 4 nitrogen and oxygen atoms in total. The summed E-state index contributed by atoms with van der Waals surface area (Å²) in [5, 5.41) is 2.41. The molecule has 0 saturated carbocycles. The van der Waals surface area contributed by atoms with Crippen molar-refractivity contribution in [3.05, 3.63) is 63.4 Å². The molecular weight excluding hydrogens is 461 g/mol. The summed E-state index contributed by atoms with van der Waals surface area (Å²) in [4.78, 5) is 24.2. The van der Waals surface area contributed by atoms with Gasteiger partial charge in [0.1, 0.15) is 5.82 Å². The van der Waals surface area contributed by atoms with Gasteiger partial charge in [-0.05, 0) is 43.2 Å². The zero-order valence-electron chi connectivity index (χ0n) is 16.4. The number of amides is 1. The van der Waals surface area contributed by atoms with Crippen LogP contribution in [0.2, 0.25) is 10.0 Å². The van der Waals surface area contributed by atoms with E-state index < -0.39 is 41.8 Å². The van der Waals surface area contributed by atoms with Crippen LogP contribution in [-0.2, 0) is 20.7 Å². The number of anilines is 1. The Kier molecular flexibility index (Phi) is 8.70. The van der Waals surface area contributed by atoms with Crippen molar-refractivity contribution < 1.29 is 31.9 Å². The molecule has 31 heavy (non-hydrogen) atoms. The highest BCUT2D eigenvalue weighted by atomic mass is 35.5. The van der Waals surface area contributed by atoms with Crippen LogP contribution in [0.15, 0.2) is 36.4 Å². The number of carbonyl (C=O) groups excluding carboxylic acids is 2. The summed E-state index contributed by atoms with van der Waals surface area (Å²) in [5.74, 6) is -4.36. The highest BCUT2D eigenvalue weighted by Crippen LogP contribution is 2.35. The van der Waals surface area contributed by atoms with Gasteiger partial charge in [-0.25, -0.2) is 4.39 Å². The number of aryl methyl sites for hydroxylation is 1. The molecule has 10 heteroatoms. The van der Waals surface area contributed by atoms with Crippen molar-refractivity contribution in [3.8, 4) is 0 Å². The first-order chi connectivity index (χ1) is 14.5. The molecule has 0 saturated heterocycles. The maximum Gasteiger partial charge on any atom is 0.390 e. The normalized spacial score (nSPS) is 12.4. The van der Waals surface area contributed by atoms with Crippen LogP contribution in [0.3, 0.4) is 0 Å². The van der Waals surface area contributed by atoms with Gasteiger partial charge in [0, 0.05) is 17.0 Å². The first-order valence-electron chi connectivity index (χ1n) is 9.26. The molecule has 1 amide bonds. The minimum Gasteiger partial charge on any atom is -0.466 e. The van der Waals surface area contributed by atoms with Gasteiger partial charge in [-0.3, -0.25) is 9.59 Å². The molecule has 0 aromatic heterocycles. The predicted molar refractivity (Wildman–Crippen MR) is 110 cm³/mol. The number of carbonyl (C=O) groups is 2. The van der Waals surface area contributed by atoms with E-state index in [-0.39, 0.29) is 35.2 Å². The molecule has 168 valence electrons. The van der Waals surface area contributed by atoms with Crippen LogP contribution in [-0.4, -0.2) is 24.7 Å². The van der Waals surface area contributed by atoms with Crippen LogP contribution < -0.4 is 5.32 Å². The summed E-state index contributed by atoms with van der Waals surface area (Å²) in [5.41, 5.74) is 0.223. The average Bonchev–Trinajstić information content (AvgIpc) is 2.66. The van der Waals surface area contributed by atoms with E-state index in [4.69, 9.17) is 27.9 Å². The first kappa shape index (κ1) is 24.9. The lowest BCUT2D eigenvalue weighted by molar-refractivity contribution is -0.146. The van der Waals surface area contributed by atoms with E-state index in [0.717, 1.165) is 12.1 Å². The van der Waals surface area contributed by atoms with E-state index in [2.05, 4.69) is 5.32 Å². The molecule has 1 atom stereocenters. The Morgan fingerprint density at radius 1 is 1.13 bits per heavy atom. The number of halogens is 6. The molecule has 1 N–H and O–H groups in total. The fraction of sp³-hybridized carbons (Fsp3) is 0.333. The Morgan fingerprint density at radius 2 is 1.84 bits per heavy atom. The lowest BCUT2D eigenvalue weighted by atomic mass is 9.93. The van der Waals surface area contributed by atoms with Gasteiger partial charge in [0.2, 0.25) is 5.91 Å². The zero-order valence-corrected chi connectivity index (χ0v) is 17.9. The molecular formula is C21H19Cl2F4NO3.